The molecule has 1 fully saturated rings. The number of alkyl carbamates (subject to hydrolysis) is 1. The Morgan fingerprint density at radius 3 is 2.25 bits per heavy atom. The highest BCUT2D eigenvalue weighted by molar-refractivity contribution is 6.24. The molecule has 1 aromatic carbocycles. The second-order valence-corrected chi connectivity index (χ2v) is 9.81. The lowest BCUT2D eigenvalue weighted by atomic mass is 10.0. The molecule has 11 nitrogen and oxygen atoms in total. The zero-order valence-electron chi connectivity index (χ0n) is 20.8. The van der Waals surface area contributed by atoms with E-state index in [1.807, 2.05) is 0 Å². The Hall–Kier alpha value is -3.76. The van der Waals surface area contributed by atoms with Crippen LogP contribution in [-0.2, 0) is 14.3 Å². The Labute approximate surface area is 209 Å². The summed E-state index contributed by atoms with van der Waals surface area (Å²) in [4.78, 5) is 74.2. The van der Waals surface area contributed by atoms with E-state index in [2.05, 4.69) is 16.0 Å². The minimum absolute atomic E-state index is 0.0394. The van der Waals surface area contributed by atoms with Crippen molar-refractivity contribution in [3.8, 4) is 0 Å². The van der Waals surface area contributed by atoms with Crippen molar-refractivity contribution in [2.45, 2.75) is 70.9 Å². The molecule has 6 amide bonds. The van der Waals surface area contributed by atoms with Gasteiger partial charge >= 0.3 is 6.09 Å². The number of imide groups is 2. The number of carbonyl (C=O) groups is 6. The molecule has 0 saturated carbocycles. The summed E-state index contributed by atoms with van der Waals surface area (Å²) < 4.78 is 5.17. The Kier molecular flexibility index (Phi) is 8.44. The number of nitrogens with one attached hydrogen (secondary N) is 3. The zero-order chi connectivity index (χ0) is 26.5. The molecular weight excluding hydrogens is 468 g/mol. The van der Waals surface area contributed by atoms with Crippen molar-refractivity contribution in [1.29, 1.82) is 0 Å². The number of piperidine rings is 1. The number of amides is 6. The number of hydrogen-bond donors (Lipinski definition) is 3. The number of fused-ring (bicyclic) bond motifs is 1. The van der Waals surface area contributed by atoms with Crippen LogP contribution in [0, 0.1) is 0 Å². The maximum Gasteiger partial charge on any atom is 0.407 e. The van der Waals surface area contributed by atoms with E-state index in [1.165, 1.54) is 18.2 Å². The predicted octanol–water partition coefficient (Wildman–Crippen LogP) is 1.90. The average molecular weight is 501 g/mol. The van der Waals surface area contributed by atoms with Gasteiger partial charge in [0.1, 0.15) is 11.6 Å². The Balaban J connectivity index is 1.43. The molecule has 0 radical (unpaired) electrons. The molecule has 2 heterocycles. The maximum absolute atomic E-state index is 12.9. The van der Waals surface area contributed by atoms with Gasteiger partial charge < -0.3 is 15.4 Å². The van der Waals surface area contributed by atoms with Crippen molar-refractivity contribution < 1.29 is 33.5 Å². The summed E-state index contributed by atoms with van der Waals surface area (Å²) in [7, 11) is 0. The average Bonchev–Trinajstić information content (AvgIpc) is 3.04. The molecule has 36 heavy (non-hydrogen) atoms. The minimum atomic E-state index is -1.05. The standard InChI is InChI=1S/C25H32N4O7/c1-25(2,3)36-24(35)27-13-7-5-4-6-12-26-20(31)15-8-9-16-17(14-15)23(34)29(22(16)33)18-10-11-19(30)28-21(18)32/h8-9,14,18H,4-7,10-13H2,1-3H3,(H,26,31)(H,27,35)(H,28,30,32)/t18-/m1/s1. The number of carbonyl (C=O) groups excluding carboxylic acids is 6. The van der Waals surface area contributed by atoms with E-state index in [4.69, 9.17) is 4.74 Å². The third-order valence-electron chi connectivity index (χ3n) is 5.76. The lowest BCUT2D eigenvalue weighted by molar-refractivity contribution is -0.136. The molecule has 0 unspecified atom stereocenters. The van der Waals surface area contributed by atoms with Crippen LogP contribution in [-0.4, -0.2) is 65.3 Å². The van der Waals surface area contributed by atoms with Gasteiger partial charge in [0, 0.05) is 25.1 Å². The second kappa shape index (κ2) is 11.3. The van der Waals surface area contributed by atoms with Gasteiger partial charge in [0.05, 0.1) is 11.1 Å². The van der Waals surface area contributed by atoms with E-state index >= 15 is 0 Å². The summed E-state index contributed by atoms with van der Waals surface area (Å²) in [6.45, 7) is 6.36. The van der Waals surface area contributed by atoms with Crippen molar-refractivity contribution in [3.05, 3.63) is 34.9 Å². The first-order chi connectivity index (χ1) is 17.0. The topological polar surface area (TPSA) is 151 Å². The number of benzene rings is 1. The van der Waals surface area contributed by atoms with Gasteiger partial charge in [-0.2, -0.15) is 0 Å². The van der Waals surface area contributed by atoms with Gasteiger partial charge in [-0.05, 0) is 58.2 Å². The summed E-state index contributed by atoms with van der Waals surface area (Å²) >= 11 is 0. The molecule has 194 valence electrons. The van der Waals surface area contributed by atoms with Crippen LogP contribution < -0.4 is 16.0 Å². The predicted molar refractivity (Wildman–Crippen MR) is 128 cm³/mol. The van der Waals surface area contributed by atoms with E-state index in [0.717, 1.165) is 30.6 Å². The maximum atomic E-state index is 12.9. The first-order valence-electron chi connectivity index (χ1n) is 12.1. The second-order valence-electron chi connectivity index (χ2n) is 9.81. The summed E-state index contributed by atoms with van der Waals surface area (Å²) in [6, 6.07) is 3.19. The van der Waals surface area contributed by atoms with Crippen LogP contribution in [0.2, 0.25) is 0 Å². The number of nitrogens with zero attached hydrogens (tertiary/aromatic N) is 1. The van der Waals surface area contributed by atoms with Crippen LogP contribution in [0.25, 0.3) is 0 Å². The number of ether oxygens (including phenoxy) is 1. The van der Waals surface area contributed by atoms with E-state index in [0.29, 0.717) is 13.1 Å². The number of hydrogen-bond acceptors (Lipinski definition) is 7. The fourth-order valence-electron chi connectivity index (χ4n) is 4.02. The molecule has 0 bridgehead atoms. The summed E-state index contributed by atoms with van der Waals surface area (Å²) in [5, 5.41) is 7.65. The van der Waals surface area contributed by atoms with Gasteiger partial charge in [-0.15, -0.1) is 0 Å². The van der Waals surface area contributed by atoms with Crippen molar-refractivity contribution in [2.24, 2.45) is 0 Å². The normalized spacial score (nSPS) is 17.5. The molecule has 2 aliphatic rings. The van der Waals surface area contributed by atoms with Crippen molar-refractivity contribution in [3.63, 3.8) is 0 Å². The van der Waals surface area contributed by atoms with E-state index in [-0.39, 0.29) is 35.4 Å². The monoisotopic (exact) mass is 500 g/mol. The van der Waals surface area contributed by atoms with Gasteiger partial charge in [-0.1, -0.05) is 12.8 Å². The highest BCUT2D eigenvalue weighted by atomic mass is 16.6. The Bertz CT molecular complexity index is 1080. The fourth-order valence-corrected chi connectivity index (χ4v) is 4.02. The fraction of sp³-hybridized carbons (Fsp3) is 0.520. The quantitative estimate of drug-likeness (QED) is 0.346. The molecule has 0 spiro atoms. The zero-order valence-corrected chi connectivity index (χ0v) is 20.8. The first kappa shape index (κ1) is 26.8. The van der Waals surface area contributed by atoms with Crippen molar-refractivity contribution >= 4 is 35.6 Å². The highest BCUT2D eigenvalue weighted by Gasteiger charge is 2.44. The van der Waals surface area contributed by atoms with Crippen LogP contribution in [0.4, 0.5) is 4.79 Å². The SMILES string of the molecule is CC(C)(C)OC(=O)NCCCCCCNC(=O)c1ccc2c(c1)C(=O)N([C@@H]1CCC(=O)NC1=O)C2=O. The van der Waals surface area contributed by atoms with Crippen LogP contribution in [0.5, 0.6) is 0 Å². The first-order valence-corrected chi connectivity index (χ1v) is 12.1. The van der Waals surface area contributed by atoms with E-state index < -0.39 is 41.4 Å². The lowest BCUT2D eigenvalue weighted by Crippen LogP contribution is -2.54. The number of rotatable bonds is 9. The summed E-state index contributed by atoms with van der Waals surface area (Å²) in [6.07, 6.45) is 2.93. The van der Waals surface area contributed by atoms with Gasteiger partial charge in [0.25, 0.3) is 17.7 Å². The minimum Gasteiger partial charge on any atom is -0.444 e. The van der Waals surface area contributed by atoms with Gasteiger partial charge in [-0.3, -0.25) is 34.2 Å². The molecule has 2 aliphatic heterocycles. The smallest absolute Gasteiger partial charge is 0.407 e. The van der Waals surface area contributed by atoms with Gasteiger partial charge in [0.15, 0.2) is 0 Å². The molecule has 1 aromatic rings. The summed E-state index contributed by atoms with van der Waals surface area (Å²) in [5.74, 6) is -2.76. The molecule has 3 rings (SSSR count). The van der Waals surface area contributed by atoms with Gasteiger partial charge in [-0.25, -0.2) is 4.79 Å². The van der Waals surface area contributed by atoms with Crippen LogP contribution >= 0.6 is 0 Å². The van der Waals surface area contributed by atoms with Crippen molar-refractivity contribution in [2.75, 3.05) is 13.1 Å². The molecule has 1 saturated heterocycles. The molecule has 3 N–H and O–H groups in total. The number of unbranched alkanes of at least 4 members (excludes halogenated alkanes) is 3. The molecule has 1 atom stereocenters. The molecule has 0 aromatic heterocycles. The van der Waals surface area contributed by atoms with Crippen molar-refractivity contribution in [1.82, 2.24) is 20.9 Å². The van der Waals surface area contributed by atoms with E-state index in [1.54, 1.807) is 20.8 Å². The molecule has 0 aliphatic carbocycles. The molecular formula is C25H32N4O7. The Morgan fingerprint density at radius 2 is 1.61 bits per heavy atom. The third-order valence-corrected chi connectivity index (χ3v) is 5.76. The summed E-state index contributed by atoms with van der Waals surface area (Å²) in [5.41, 5.74) is -0.102. The highest BCUT2D eigenvalue weighted by Crippen LogP contribution is 2.28. The van der Waals surface area contributed by atoms with Crippen LogP contribution in [0.15, 0.2) is 18.2 Å². The largest absolute Gasteiger partial charge is 0.444 e. The van der Waals surface area contributed by atoms with Crippen LogP contribution in [0.3, 0.4) is 0 Å². The van der Waals surface area contributed by atoms with Gasteiger partial charge in [0.2, 0.25) is 11.8 Å². The lowest BCUT2D eigenvalue weighted by Gasteiger charge is -2.27. The van der Waals surface area contributed by atoms with E-state index in [9.17, 15) is 28.8 Å². The Morgan fingerprint density at radius 1 is 0.972 bits per heavy atom. The van der Waals surface area contributed by atoms with Crippen LogP contribution in [0.1, 0.15) is 90.4 Å². The molecule has 11 heteroatoms. The third kappa shape index (κ3) is 6.67.